The van der Waals surface area contributed by atoms with Crippen LogP contribution in [0.15, 0.2) is 30.6 Å². The molecule has 2 aromatic rings. The van der Waals surface area contributed by atoms with Gasteiger partial charge in [-0.2, -0.15) is 5.10 Å². The number of hydrogen-bond acceptors (Lipinski definition) is 3. The van der Waals surface area contributed by atoms with E-state index in [1.807, 2.05) is 18.2 Å². The average molecular weight is 261 g/mol. The third kappa shape index (κ3) is 2.90. The van der Waals surface area contributed by atoms with E-state index in [0.29, 0.717) is 18.5 Å². The largest absolute Gasteiger partial charge is 0.481 e. The van der Waals surface area contributed by atoms with Gasteiger partial charge in [-0.1, -0.05) is 13.0 Å². The molecule has 0 radical (unpaired) electrons. The molecule has 1 atom stereocenters. The zero-order valence-electron chi connectivity index (χ0n) is 10.5. The first-order chi connectivity index (χ1) is 9.09. The molecule has 2 heterocycles. The number of carboxylic acids is 1. The highest BCUT2D eigenvalue weighted by Gasteiger charge is 2.14. The van der Waals surface area contributed by atoms with Crippen molar-refractivity contribution < 1.29 is 14.7 Å². The van der Waals surface area contributed by atoms with Crippen LogP contribution in [0.25, 0.3) is 5.52 Å². The van der Waals surface area contributed by atoms with Crippen LogP contribution < -0.4 is 5.32 Å². The topological polar surface area (TPSA) is 83.7 Å². The number of aliphatic carboxylic acids is 1. The summed E-state index contributed by atoms with van der Waals surface area (Å²) in [6.07, 6.45) is 3.67. The van der Waals surface area contributed by atoms with E-state index in [4.69, 9.17) is 5.11 Å². The summed E-state index contributed by atoms with van der Waals surface area (Å²) < 4.78 is 1.62. The molecule has 19 heavy (non-hydrogen) atoms. The zero-order chi connectivity index (χ0) is 13.8. The molecule has 0 aliphatic heterocycles. The SMILES string of the molecule is CC(CCNC(=O)c1cnn2ccccc12)C(=O)O. The van der Waals surface area contributed by atoms with Crippen molar-refractivity contribution in [1.82, 2.24) is 14.9 Å². The van der Waals surface area contributed by atoms with E-state index in [2.05, 4.69) is 10.4 Å². The minimum Gasteiger partial charge on any atom is -0.481 e. The molecule has 0 saturated heterocycles. The van der Waals surface area contributed by atoms with Gasteiger partial charge in [0.05, 0.1) is 23.2 Å². The third-order valence-corrected chi connectivity index (χ3v) is 2.96. The Hall–Kier alpha value is -2.37. The number of fused-ring (bicyclic) bond motifs is 1. The van der Waals surface area contributed by atoms with E-state index in [9.17, 15) is 9.59 Å². The van der Waals surface area contributed by atoms with Crippen LogP contribution in [0, 0.1) is 5.92 Å². The molecule has 6 heteroatoms. The summed E-state index contributed by atoms with van der Waals surface area (Å²) >= 11 is 0. The van der Waals surface area contributed by atoms with Gasteiger partial charge in [0, 0.05) is 12.7 Å². The quantitative estimate of drug-likeness (QED) is 0.846. The number of pyridine rings is 1. The van der Waals surface area contributed by atoms with Gasteiger partial charge in [-0.3, -0.25) is 9.59 Å². The predicted molar refractivity (Wildman–Crippen MR) is 68.9 cm³/mol. The maximum Gasteiger partial charge on any atom is 0.306 e. The average Bonchev–Trinajstić information content (AvgIpc) is 2.82. The summed E-state index contributed by atoms with van der Waals surface area (Å²) in [6.45, 7) is 1.94. The van der Waals surface area contributed by atoms with Gasteiger partial charge in [-0.15, -0.1) is 0 Å². The lowest BCUT2D eigenvalue weighted by Gasteiger charge is -2.07. The Kier molecular flexibility index (Phi) is 3.79. The van der Waals surface area contributed by atoms with Crippen LogP contribution >= 0.6 is 0 Å². The standard InChI is InChI=1S/C13H15N3O3/c1-9(13(18)19)5-6-14-12(17)10-8-15-16-7-3-2-4-11(10)16/h2-4,7-9H,5-6H2,1H3,(H,14,17)(H,18,19). The normalized spacial score (nSPS) is 12.3. The van der Waals surface area contributed by atoms with Crippen LogP contribution in [-0.4, -0.2) is 33.1 Å². The van der Waals surface area contributed by atoms with Crippen molar-refractivity contribution in [2.24, 2.45) is 5.92 Å². The molecule has 0 aliphatic carbocycles. The lowest BCUT2D eigenvalue weighted by Crippen LogP contribution is -2.26. The van der Waals surface area contributed by atoms with Crippen LogP contribution in [0.1, 0.15) is 23.7 Å². The molecule has 0 spiro atoms. The summed E-state index contributed by atoms with van der Waals surface area (Å²) in [7, 11) is 0. The number of hydrogen-bond donors (Lipinski definition) is 2. The summed E-state index contributed by atoms with van der Waals surface area (Å²) in [6, 6.07) is 5.47. The Morgan fingerprint density at radius 2 is 2.26 bits per heavy atom. The highest BCUT2D eigenvalue weighted by molar-refractivity contribution is 6.00. The smallest absolute Gasteiger partial charge is 0.306 e. The minimum atomic E-state index is -0.856. The maximum atomic E-state index is 12.0. The number of carboxylic acid groups (broad SMARTS) is 1. The van der Waals surface area contributed by atoms with Crippen LogP contribution in [0.2, 0.25) is 0 Å². The first kappa shape index (κ1) is 13.1. The van der Waals surface area contributed by atoms with Gasteiger partial charge in [-0.25, -0.2) is 4.52 Å². The van der Waals surface area contributed by atoms with Crippen LogP contribution in [0.5, 0.6) is 0 Å². The Balaban J connectivity index is 1.99. The number of amides is 1. The van der Waals surface area contributed by atoms with E-state index < -0.39 is 11.9 Å². The molecule has 1 amide bonds. The van der Waals surface area contributed by atoms with E-state index in [1.54, 1.807) is 17.6 Å². The molecule has 2 aromatic heterocycles. The molecule has 2 N–H and O–H groups in total. The molecule has 0 bridgehead atoms. The molecular formula is C13H15N3O3. The molecule has 0 aromatic carbocycles. The monoisotopic (exact) mass is 261 g/mol. The van der Waals surface area contributed by atoms with E-state index >= 15 is 0 Å². The second-order valence-electron chi connectivity index (χ2n) is 4.37. The summed E-state index contributed by atoms with van der Waals surface area (Å²) in [5.74, 6) is -1.56. The Morgan fingerprint density at radius 1 is 1.47 bits per heavy atom. The second-order valence-corrected chi connectivity index (χ2v) is 4.37. The second kappa shape index (κ2) is 5.51. The number of carbonyl (C=O) groups excluding carboxylic acids is 1. The number of aromatic nitrogens is 2. The maximum absolute atomic E-state index is 12.0. The molecule has 0 aliphatic rings. The number of nitrogens with zero attached hydrogens (tertiary/aromatic N) is 2. The summed E-state index contributed by atoms with van der Waals surface area (Å²) in [5.41, 5.74) is 1.22. The summed E-state index contributed by atoms with van der Waals surface area (Å²) in [4.78, 5) is 22.6. The minimum absolute atomic E-state index is 0.237. The van der Waals surface area contributed by atoms with Gasteiger partial charge >= 0.3 is 5.97 Å². The van der Waals surface area contributed by atoms with Crippen molar-refractivity contribution in [2.75, 3.05) is 6.54 Å². The van der Waals surface area contributed by atoms with Gasteiger partial charge < -0.3 is 10.4 Å². The third-order valence-electron chi connectivity index (χ3n) is 2.96. The van der Waals surface area contributed by atoms with Gasteiger partial charge in [0.15, 0.2) is 0 Å². The Morgan fingerprint density at radius 3 is 3.00 bits per heavy atom. The van der Waals surface area contributed by atoms with Gasteiger partial charge in [0.25, 0.3) is 5.91 Å². The van der Waals surface area contributed by atoms with Crippen LogP contribution in [-0.2, 0) is 4.79 Å². The molecule has 6 nitrogen and oxygen atoms in total. The van der Waals surface area contributed by atoms with Crippen molar-refractivity contribution in [3.63, 3.8) is 0 Å². The predicted octanol–water partition coefficient (Wildman–Crippen LogP) is 1.17. The van der Waals surface area contributed by atoms with E-state index in [-0.39, 0.29) is 5.91 Å². The number of nitrogens with one attached hydrogen (secondary N) is 1. The molecular weight excluding hydrogens is 246 g/mol. The van der Waals surface area contributed by atoms with Gasteiger partial charge in [0.2, 0.25) is 0 Å². The molecule has 0 fully saturated rings. The molecule has 2 rings (SSSR count). The number of rotatable bonds is 5. The molecule has 100 valence electrons. The van der Waals surface area contributed by atoms with Crippen molar-refractivity contribution >= 4 is 17.4 Å². The van der Waals surface area contributed by atoms with E-state index in [0.717, 1.165) is 5.52 Å². The molecule has 0 saturated carbocycles. The summed E-state index contributed by atoms with van der Waals surface area (Å²) in [5, 5.41) is 15.5. The lowest BCUT2D eigenvalue weighted by molar-refractivity contribution is -0.141. The fourth-order valence-corrected chi connectivity index (χ4v) is 1.73. The Labute approximate surface area is 110 Å². The van der Waals surface area contributed by atoms with Crippen LogP contribution in [0.4, 0.5) is 0 Å². The highest BCUT2D eigenvalue weighted by Crippen LogP contribution is 2.09. The van der Waals surface area contributed by atoms with Gasteiger partial charge in [0.1, 0.15) is 0 Å². The Bertz CT molecular complexity index is 606. The first-order valence-electron chi connectivity index (χ1n) is 6.03. The van der Waals surface area contributed by atoms with Crippen molar-refractivity contribution in [3.05, 3.63) is 36.2 Å². The lowest BCUT2D eigenvalue weighted by atomic mass is 10.1. The van der Waals surface area contributed by atoms with E-state index in [1.165, 1.54) is 6.20 Å². The fraction of sp³-hybridized carbons (Fsp3) is 0.308. The van der Waals surface area contributed by atoms with Gasteiger partial charge in [-0.05, 0) is 18.6 Å². The van der Waals surface area contributed by atoms with Crippen molar-refractivity contribution in [2.45, 2.75) is 13.3 Å². The molecule has 1 unspecified atom stereocenters. The zero-order valence-corrected chi connectivity index (χ0v) is 10.5. The highest BCUT2D eigenvalue weighted by atomic mass is 16.4. The first-order valence-corrected chi connectivity index (χ1v) is 6.03. The number of carbonyl (C=O) groups is 2. The van der Waals surface area contributed by atoms with Crippen molar-refractivity contribution in [3.8, 4) is 0 Å². The van der Waals surface area contributed by atoms with Crippen molar-refractivity contribution in [1.29, 1.82) is 0 Å². The van der Waals surface area contributed by atoms with Crippen LogP contribution in [0.3, 0.4) is 0 Å². The fourth-order valence-electron chi connectivity index (χ4n) is 1.73.